The van der Waals surface area contributed by atoms with Crippen LogP contribution in [-0.2, 0) is 0 Å². The second-order valence-corrected chi connectivity index (χ2v) is 6.06. The van der Waals surface area contributed by atoms with Crippen LogP contribution in [0.2, 0.25) is 5.02 Å². The number of rotatable bonds is 6. The second kappa shape index (κ2) is 7.71. The highest BCUT2D eigenvalue weighted by atomic mass is 35.5. The van der Waals surface area contributed by atoms with Gasteiger partial charge in [0.1, 0.15) is 0 Å². The summed E-state index contributed by atoms with van der Waals surface area (Å²) in [5.74, 6) is 0. The Bertz CT molecular complexity index is 514. The van der Waals surface area contributed by atoms with Crippen molar-refractivity contribution in [1.82, 2.24) is 0 Å². The van der Waals surface area contributed by atoms with E-state index in [4.69, 9.17) is 23.2 Å². The molecule has 0 amide bonds. The lowest BCUT2D eigenvalue weighted by molar-refractivity contribution is 0.655. The first-order chi connectivity index (χ1) is 9.70. The molecule has 0 radical (unpaired) electrons. The molecule has 0 bridgehead atoms. The van der Waals surface area contributed by atoms with Gasteiger partial charge in [-0.25, -0.2) is 0 Å². The van der Waals surface area contributed by atoms with Crippen molar-refractivity contribution >= 4 is 23.2 Å². The molecule has 0 aromatic heterocycles. The summed E-state index contributed by atoms with van der Waals surface area (Å²) < 4.78 is 0. The molecule has 2 aromatic carbocycles. The molecule has 0 spiro atoms. The smallest absolute Gasteiger partial charge is 0.0585 e. The van der Waals surface area contributed by atoms with Gasteiger partial charge in [-0.3, -0.25) is 0 Å². The minimum absolute atomic E-state index is 0.126. The highest BCUT2D eigenvalue weighted by Gasteiger charge is 2.07. The average Bonchev–Trinajstić information content (AvgIpc) is 2.48. The van der Waals surface area contributed by atoms with Crippen LogP contribution in [0.5, 0.6) is 0 Å². The van der Waals surface area contributed by atoms with Crippen molar-refractivity contribution in [3.8, 4) is 11.1 Å². The van der Waals surface area contributed by atoms with E-state index in [0.29, 0.717) is 0 Å². The van der Waals surface area contributed by atoms with Crippen LogP contribution in [0.25, 0.3) is 11.1 Å². The van der Waals surface area contributed by atoms with Crippen LogP contribution in [0.3, 0.4) is 0 Å². The first kappa shape index (κ1) is 15.4. The Morgan fingerprint density at radius 3 is 1.95 bits per heavy atom. The average molecular weight is 307 g/mol. The molecule has 0 saturated carbocycles. The van der Waals surface area contributed by atoms with Crippen molar-refractivity contribution < 1.29 is 0 Å². The van der Waals surface area contributed by atoms with Crippen LogP contribution in [0, 0.1) is 0 Å². The van der Waals surface area contributed by atoms with Crippen molar-refractivity contribution in [3.05, 3.63) is 59.1 Å². The summed E-state index contributed by atoms with van der Waals surface area (Å²) in [4.78, 5) is 0. The topological polar surface area (TPSA) is 0 Å². The summed E-state index contributed by atoms with van der Waals surface area (Å²) in [6, 6.07) is 16.4. The van der Waals surface area contributed by atoms with Gasteiger partial charge in [0.15, 0.2) is 0 Å². The molecule has 106 valence electrons. The lowest BCUT2D eigenvalue weighted by Gasteiger charge is -2.10. The third-order valence-electron chi connectivity index (χ3n) is 3.51. The van der Waals surface area contributed by atoms with Crippen LogP contribution in [0.1, 0.15) is 43.5 Å². The van der Waals surface area contributed by atoms with Gasteiger partial charge in [-0.15, -0.1) is 11.6 Å². The zero-order valence-corrected chi connectivity index (χ0v) is 13.3. The van der Waals surface area contributed by atoms with E-state index < -0.39 is 0 Å². The molecule has 0 N–H and O–H groups in total. The first-order valence-electron chi connectivity index (χ1n) is 7.20. The van der Waals surface area contributed by atoms with E-state index in [2.05, 4.69) is 31.2 Å². The lowest BCUT2D eigenvalue weighted by atomic mass is 10.0. The Kier molecular flexibility index (Phi) is 5.94. The molecule has 20 heavy (non-hydrogen) atoms. The van der Waals surface area contributed by atoms with Crippen molar-refractivity contribution in [2.24, 2.45) is 0 Å². The van der Waals surface area contributed by atoms with Crippen LogP contribution < -0.4 is 0 Å². The van der Waals surface area contributed by atoms with E-state index in [1.807, 2.05) is 24.3 Å². The molecule has 1 unspecified atom stereocenters. The lowest BCUT2D eigenvalue weighted by Crippen LogP contribution is -1.91. The van der Waals surface area contributed by atoms with E-state index in [-0.39, 0.29) is 5.38 Å². The van der Waals surface area contributed by atoms with Gasteiger partial charge < -0.3 is 0 Å². The van der Waals surface area contributed by atoms with Crippen molar-refractivity contribution in [2.45, 2.75) is 38.0 Å². The Balaban J connectivity index is 2.04. The molecule has 2 rings (SSSR count). The maximum absolute atomic E-state index is 6.44. The van der Waals surface area contributed by atoms with Gasteiger partial charge in [0.05, 0.1) is 5.38 Å². The summed E-state index contributed by atoms with van der Waals surface area (Å²) >= 11 is 12.4. The SMILES string of the molecule is CCCCCC(Cl)c1ccc(-c2ccc(Cl)cc2)cc1. The van der Waals surface area contributed by atoms with Crippen molar-refractivity contribution in [2.75, 3.05) is 0 Å². The normalized spacial score (nSPS) is 12.3. The molecular formula is C18H20Cl2. The summed E-state index contributed by atoms with van der Waals surface area (Å²) in [7, 11) is 0. The summed E-state index contributed by atoms with van der Waals surface area (Å²) in [6.45, 7) is 2.21. The van der Waals surface area contributed by atoms with Crippen molar-refractivity contribution in [1.29, 1.82) is 0 Å². The monoisotopic (exact) mass is 306 g/mol. The highest BCUT2D eigenvalue weighted by Crippen LogP contribution is 2.29. The summed E-state index contributed by atoms with van der Waals surface area (Å²) in [5.41, 5.74) is 3.58. The van der Waals surface area contributed by atoms with Gasteiger partial charge >= 0.3 is 0 Å². The largest absolute Gasteiger partial charge is 0.118 e. The molecule has 0 fully saturated rings. The first-order valence-corrected chi connectivity index (χ1v) is 8.02. The number of hydrogen-bond acceptors (Lipinski definition) is 0. The Labute approximate surface area is 131 Å². The van der Waals surface area contributed by atoms with Crippen LogP contribution in [0.4, 0.5) is 0 Å². The van der Waals surface area contributed by atoms with E-state index >= 15 is 0 Å². The maximum Gasteiger partial charge on any atom is 0.0585 e. The molecule has 0 aliphatic heterocycles. The minimum Gasteiger partial charge on any atom is -0.118 e. The molecule has 0 saturated heterocycles. The Morgan fingerprint density at radius 2 is 1.40 bits per heavy atom. The fourth-order valence-corrected chi connectivity index (χ4v) is 2.69. The molecule has 0 nitrogen and oxygen atoms in total. The van der Waals surface area contributed by atoms with Crippen LogP contribution in [-0.4, -0.2) is 0 Å². The third kappa shape index (κ3) is 4.26. The number of halogens is 2. The molecular weight excluding hydrogens is 287 g/mol. The standard InChI is InChI=1S/C18H20Cl2/c1-2-3-4-5-18(20)16-8-6-14(7-9-16)15-10-12-17(19)13-11-15/h6-13,18H,2-5H2,1H3. The quantitative estimate of drug-likeness (QED) is 0.403. The minimum atomic E-state index is 0.126. The fraction of sp³-hybridized carbons (Fsp3) is 0.333. The van der Waals surface area contributed by atoms with Crippen LogP contribution in [0.15, 0.2) is 48.5 Å². The number of benzene rings is 2. The number of alkyl halides is 1. The molecule has 2 heteroatoms. The van der Waals surface area contributed by atoms with E-state index in [9.17, 15) is 0 Å². The Hall–Kier alpha value is -0.980. The number of hydrogen-bond donors (Lipinski definition) is 0. The predicted octanol–water partition coefficient (Wildman–Crippen LogP) is 6.87. The Morgan fingerprint density at radius 1 is 0.850 bits per heavy atom. The van der Waals surface area contributed by atoms with Gasteiger partial charge in [0.2, 0.25) is 0 Å². The summed E-state index contributed by atoms with van der Waals surface area (Å²) in [5, 5.41) is 0.892. The van der Waals surface area contributed by atoms with Gasteiger partial charge in [-0.1, -0.05) is 74.2 Å². The molecule has 1 atom stereocenters. The van der Waals surface area contributed by atoms with Crippen molar-refractivity contribution in [3.63, 3.8) is 0 Å². The van der Waals surface area contributed by atoms with Crippen LogP contribution >= 0.6 is 23.2 Å². The molecule has 2 aromatic rings. The van der Waals surface area contributed by atoms with E-state index in [1.54, 1.807) is 0 Å². The van der Waals surface area contributed by atoms with Gasteiger partial charge in [-0.05, 0) is 35.2 Å². The van der Waals surface area contributed by atoms with E-state index in [1.165, 1.54) is 36.0 Å². The number of unbranched alkanes of at least 4 members (excludes halogenated alkanes) is 2. The molecule has 0 aliphatic rings. The fourth-order valence-electron chi connectivity index (χ4n) is 2.27. The second-order valence-electron chi connectivity index (χ2n) is 5.09. The highest BCUT2D eigenvalue weighted by molar-refractivity contribution is 6.30. The van der Waals surface area contributed by atoms with Gasteiger partial charge in [0.25, 0.3) is 0 Å². The zero-order chi connectivity index (χ0) is 14.4. The molecule has 0 heterocycles. The predicted molar refractivity (Wildman–Crippen MR) is 89.6 cm³/mol. The summed E-state index contributed by atoms with van der Waals surface area (Å²) in [6.07, 6.45) is 4.74. The maximum atomic E-state index is 6.44. The molecule has 0 aliphatic carbocycles. The van der Waals surface area contributed by atoms with Gasteiger partial charge in [-0.2, -0.15) is 0 Å². The third-order valence-corrected chi connectivity index (χ3v) is 4.23. The zero-order valence-electron chi connectivity index (χ0n) is 11.8. The van der Waals surface area contributed by atoms with Gasteiger partial charge in [0, 0.05) is 5.02 Å². The van der Waals surface area contributed by atoms with E-state index in [0.717, 1.165) is 11.4 Å².